The van der Waals surface area contributed by atoms with Crippen molar-refractivity contribution >= 4 is 17.3 Å². The van der Waals surface area contributed by atoms with E-state index in [1.807, 2.05) is 0 Å². The summed E-state index contributed by atoms with van der Waals surface area (Å²) >= 11 is 0. The Morgan fingerprint density at radius 3 is 2.71 bits per heavy atom. The monoisotopic (exact) mass is 292 g/mol. The highest BCUT2D eigenvalue weighted by molar-refractivity contribution is 5.94. The second-order valence-corrected chi connectivity index (χ2v) is 4.50. The molecule has 0 spiro atoms. The zero-order chi connectivity index (χ0) is 15.4. The van der Waals surface area contributed by atoms with Crippen LogP contribution in [0.25, 0.3) is 0 Å². The van der Waals surface area contributed by atoms with Crippen LogP contribution in [-0.4, -0.2) is 12.5 Å². The maximum Gasteiger partial charge on any atom is 0.262 e. The van der Waals surface area contributed by atoms with Gasteiger partial charge in [-0.2, -0.15) is 0 Å². The van der Waals surface area contributed by atoms with E-state index >= 15 is 0 Å². The first-order chi connectivity index (χ1) is 9.95. The van der Waals surface area contributed by atoms with Crippen LogP contribution in [0.3, 0.4) is 0 Å². The molecule has 0 aromatic heterocycles. The molecule has 2 aromatic rings. The van der Waals surface area contributed by atoms with E-state index in [0.29, 0.717) is 0 Å². The summed E-state index contributed by atoms with van der Waals surface area (Å²) in [5, 5.41) is 2.46. The molecule has 2 aromatic carbocycles. The zero-order valence-corrected chi connectivity index (χ0v) is 11.3. The predicted octanol–water partition coefficient (Wildman–Crippen LogP) is 2.87. The van der Waals surface area contributed by atoms with Gasteiger partial charge in [0, 0.05) is 0 Å². The Hall–Kier alpha value is -2.63. The number of aryl methyl sites for hydroxylation is 1. The van der Waals surface area contributed by atoms with Crippen molar-refractivity contribution in [3.63, 3.8) is 0 Å². The molecule has 0 heterocycles. The van der Waals surface area contributed by atoms with E-state index < -0.39 is 17.5 Å². The largest absolute Gasteiger partial charge is 0.481 e. The number of benzene rings is 2. The molecule has 0 aliphatic rings. The average Bonchev–Trinajstić information content (AvgIpc) is 2.43. The Bertz CT molecular complexity index is 675. The van der Waals surface area contributed by atoms with Crippen molar-refractivity contribution < 1.29 is 18.3 Å². The highest BCUT2D eigenvalue weighted by Gasteiger charge is 2.09. The molecule has 3 N–H and O–H groups in total. The van der Waals surface area contributed by atoms with E-state index in [2.05, 4.69) is 5.32 Å². The number of hydrogen-bond acceptors (Lipinski definition) is 3. The lowest BCUT2D eigenvalue weighted by Gasteiger charge is -2.10. The van der Waals surface area contributed by atoms with Crippen LogP contribution in [0.1, 0.15) is 5.56 Å². The van der Waals surface area contributed by atoms with Crippen LogP contribution < -0.4 is 15.8 Å². The molecular weight excluding hydrogens is 278 g/mol. The van der Waals surface area contributed by atoms with Crippen LogP contribution in [0.15, 0.2) is 36.4 Å². The van der Waals surface area contributed by atoms with Gasteiger partial charge in [0.05, 0.1) is 11.4 Å². The van der Waals surface area contributed by atoms with Crippen LogP contribution in [0, 0.1) is 18.6 Å². The summed E-state index contributed by atoms with van der Waals surface area (Å²) in [5.41, 5.74) is 6.75. The van der Waals surface area contributed by atoms with E-state index in [-0.39, 0.29) is 23.7 Å². The third-order valence-electron chi connectivity index (χ3n) is 2.73. The zero-order valence-electron chi connectivity index (χ0n) is 11.3. The SMILES string of the molecule is Cc1ccc(F)c(OCC(=O)Nc2ccc(F)cc2N)c1. The van der Waals surface area contributed by atoms with Crippen molar-refractivity contribution in [3.8, 4) is 5.75 Å². The highest BCUT2D eigenvalue weighted by Crippen LogP contribution is 2.20. The maximum absolute atomic E-state index is 13.4. The van der Waals surface area contributed by atoms with Gasteiger partial charge in [0.2, 0.25) is 0 Å². The summed E-state index contributed by atoms with van der Waals surface area (Å²) in [7, 11) is 0. The number of carbonyl (C=O) groups excluding carboxylic acids is 1. The molecular formula is C15H14F2N2O2. The molecule has 0 atom stereocenters. The molecule has 0 aliphatic carbocycles. The molecule has 4 nitrogen and oxygen atoms in total. The molecule has 2 rings (SSSR count). The van der Waals surface area contributed by atoms with Gasteiger partial charge in [0.15, 0.2) is 18.2 Å². The van der Waals surface area contributed by atoms with Crippen molar-refractivity contribution in [1.82, 2.24) is 0 Å². The normalized spacial score (nSPS) is 10.2. The topological polar surface area (TPSA) is 64.3 Å². The number of hydrogen-bond donors (Lipinski definition) is 2. The second-order valence-electron chi connectivity index (χ2n) is 4.50. The third kappa shape index (κ3) is 3.92. The molecule has 0 unspecified atom stereocenters. The van der Waals surface area contributed by atoms with Crippen LogP contribution in [0.5, 0.6) is 5.75 Å². The van der Waals surface area contributed by atoms with Crippen LogP contribution in [0.2, 0.25) is 0 Å². The van der Waals surface area contributed by atoms with Gasteiger partial charge < -0.3 is 15.8 Å². The third-order valence-corrected chi connectivity index (χ3v) is 2.73. The Kier molecular flexibility index (Phi) is 4.37. The van der Waals surface area contributed by atoms with E-state index in [0.717, 1.165) is 11.6 Å². The summed E-state index contributed by atoms with van der Waals surface area (Å²) in [6.45, 7) is 1.41. The predicted molar refractivity (Wildman–Crippen MR) is 76.1 cm³/mol. The number of carbonyl (C=O) groups is 1. The van der Waals surface area contributed by atoms with Gasteiger partial charge in [-0.15, -0.1) is 0 Å². The van der Waals surface area contributed by atoms with Gasteiger partial charge in [-0.25, -0.2) is 8.78 Å². The fraction of sp³-hybridized carbons (Fsp3) is 0.133. The first kappa shape index (κ1) is 14.8. The van der Waals surface area contributed by atoms with Gasteiger partial charge in [-0.1, -0.05) is 6.07 Å². The smallest absolute Gasteiger partial charge is 0.262 e. The first-order valence-corrected chi connectivity index (χ1v) is 6.19. The lowest BCUT2D eigenvalue weighted by atomic mass is 10.2. The van der Waals surface area contributed by atoms with Gasteiger partial charge in [0.1, 0.15) is 5.82 Å². The molecule has 110 valence electrons. The summed E-state index contributed by atoms with van der Waals surface area (Å²) in [4.78, 5) is 11.7. The molecule has 0 radical (unpaired) electrons. The Balaban J connectivity index is 1.97. The fourth-order valence-corrected chi connectivity index (χ4v) is 1.70. The summed E-state index contributed by atoms with van der Waals surface area (Å²) in [5.74, 6) is -1.57. The maximum atomic E-state index is 13.4. The molecule has 0 bridgehead atoms. The molecule has 21 heavy (non-hydrogen) atoms. The lowest BCUT2D eigenvalue weighted by molar-refractivity contribution is -0.118. The van der Waals surface area contributed by atoms with E-state index in [1.165, 1.54) is 24.3 Å². The Morgan fingerprint density at radius 1 is 1.24 bits per heavy atom. The number of rotatable bonds is 4. The van der Waals surface area contributed by atoms with E-state index in [9.17, 15) is 13.6 Å². The van der Waals surface area contributed by atoms with Gasteiger partial charge in [-0.3, -0.25) is 4.79 Å². The minimum absolute atomic E-state index is 0.00257. The summed E-state index contributed by atoms with van der Waals surface area (Å²) in [6, 6.07) is 7.97. The number of nitrogen functional groups attached to an aromatic ring is 1. The summed E-state index contributed by atoms with van der Waals surface area (Å²) in [6.07, 6.45) is 0. The molecule has 0 aliphatic heterocycles. The number of halogens is 2. The number of nitrogens with one attached hydrogen (secondary N) is 1. The minimum Gasteiger partial charge on any atom is -0.481 e. The molecule has 6 heteroatoms. The van der Waals surface area contributed by atoms with Crippen LogP contribution in [0.4, 0.5) is 20.2 Å². The number of anilines is 2. The van der Waals surface area contributed by atoms with Gasteiger partial charge >= 0.3 is 0 Å². The standard InChI is InChI=1S/C15H14F2N2O2/c1-9-2-4-11(17)14(6-9)21-8-15(20)19-13-5-3-10(16)7-12(13)18/h2-7H,8,18H2,1H3,(H,19,20). The number of ether oxygens (including phenoxy) is 1. The van der Waals surface area contributed by atoms with Crippen LogP contribution >= 0.6 is 0 Å². The molecule has 0 fully saturated rings. The van der Waals surface area contributed by atoms with Crippen molar-refractivity contribution in [2.75, 3.05) is 17.7 Å². The van der Waals surface area contributed by atoms with Crippen molar-refractivity contribution in [1.29, 1.82) is 0 Å². The molecule has 0 saturated heterocycles. The van der Waals surface area contributed by atoms with Crippen molar-refractivity contribution in [2.24, 2.45) is 0 Å². The molecule has 1 amide bonds. The quantitative estimate of drug-likeness (QED) is 0.852. The van der Waals surface area contributed by atoms with Crippen molar-refractivity contribution in [3.05, 3.63) is 53.6 Å². The van der Waals surface area contributed by atoms with E-state index in [1.54, 1.807) is 13.0 Å². The highest BCUT2D eigenvalue weighted by atomic mass is 19.1. The lowest BCUT2D eigenvalue weighted by Crippen LogP contribution is -2.21. The first-order valence-electron chi connectivity index (χ1n) is 6.19. The van der Waals surface area contributed by atoms with Gasteiger partial charge in [-0.05, 0) is 42.8 Å². The van der Waals surface area contributed by atoms with Gasteiger partial charge in [0.25, 0.3) is 5.91 Å². The average molecular weight is 292 g/mol. The van der Waals surface area contributed by atoms with Crippen LogP contribution in [-0.2, 0) is 4.79 Å². The fourth-order valence-electron chi connectivity index (χ4n) is 1.70. The Labute approximate surface area is 120 Å². The number of amides is 1. The molecule has 0 saturated carbocycles. The minimum atomic E-state index is -0.547. The van der Waals surface area contributed by atoms with Crippen molar-refractivity contribution in [2.45, 2.75) is 6.92 Å². The summed E-state index contributed by atoms with van der Waals surface area (Å²) < 4.78 is 31.4. The Morgan fingerprint density at radius 2 is 2.00 bits per heavy atom. The van der Waals surface area contributed by atoms with E-state index in [4.69, 9.17) is 10.5 Å². The number of nitrogens with two attached hydrogens (primary N) is 1. The second kappa shape index (κ2) is 6.21.